The van der Waals surface area contributed by atoms with Gasteiger partial charge in [-0.2, -0.15) is 4.89 Å². The average Bonchev–Trinajstić information content (AvgIpc) is 2.65. The third-order valence-electron chi connectivity index (χ3n) is 5.85. The molecule has 3 nitrogen and oxygen atoms in total. The van der Waals surface area contributed by atoms with Gasteiger partial charge in [-0.15, -0.1) is 13.2 Å². The summed E-state index contributed by atoms with van der Waals surface area (Å²) in [5.74, 6) is 0.569. The summed E-state index contributed by atoms with van der Waals surface area (Å²) < 4.78 is 0. The predicted octanol–water partition coefficient (Wildman–Crippen LogP) is 4.73. The highest BCUT2D eigenvalue weighted by Crippen LogP contribution is 2.31. The SMILES string of the molecule is C=C[Si](C=C)(CC)c1ccc(C(=O)OOC2CCCC(C)C2C)cc1. The molecule has 1 saturated carbocycles. The van der Waals surface area contributed by atoms with Crippen molar-refractivity contribution in [3.63, 3.8) is 0 Å². The van der Waals surface area contributed by atoms with Crippen LogP contribution in [0, 0.1) is 11.8 Å². The van der Waals surface area contributed by atoms with E-state index in [1.54, 1.807) is 12.1 Å². The summed E-state index contributed by atoms with van der Waals surface area (Å²) in [6.07, 6.45) is 3.27. The summed E-state index contributed by atoms with van der Waals surface area (Å²) in [4.78, 5) is 22.9. The van der Waals surface area contributed by atoms with E-state index >= 15 is 0 Å². The van der Waals surface area contributed by atoms with Crippen LogP contribution >= 0.6 is 0 Å². The number of hydrogen-bond donors (Lipinski definition) is 0. The van der Waals surface area contributed by atoms with Crippen LogP contribution in [0.1, 0.15) is 50.4 Å². The minimum Gasteiger partial charge on any atom is -0.293 e. The van der Waals surface area contributed by atoms with Crippen molar-refractivity contribution in [2.75, 3.05) is 0 Å². The summed E-state index contributed by atoms with van der Waals surface area (Å²) in [5.41, 5.74) is 4.57. The van der Waals surface area contributed by atoms with Gasteiger partial charge in [-0.1, -0.05) is 62.3 Å². The summed E-state index contributed by atoms with van der Waals surface area (Å²) in [5, 5.41) is 1.20. The molecule has 0 radical (unpaired) electrons. The minimum atomic E-state index is -1.87. The van der Waals surface area contributed by atoms with Gasteiger partial charge in [0, 0.05) is 0 Å². The molecule has 0 aliphatic heterocycles. The molecule has 25 heavy (non-hydrogen) atoms. The molecule has 0 N–H and O–H groups in total. The summed E-state index contributed by atoms with van der Waals surface area (Å²) in [6, 6.07) is 8.59. The van der Waals surface area contributed by atoms with Gasteiger partial charge in [-0.3, -0.25) is 4.89 Å². The van der Waals surface area contributed by atoms with Crippen LogP contribution in [0.2, 0.25) is 6.04 Å². The van der Waals surface area contributed by atoms with E-state index in [0.29, 0.717) is 17.4 Å². The maximum absolute atomic E-state index is 12.3. The van der Waals surface area contributed by atoms with Crippen LogP contribution in [0.5, 0.6) is 0 Å². The quantitative estimate of drug-likeness (QED) is 0.402. The molecular formula is C21H30O3Si. The molecule has 0 amide bonds. The first-order chi connectivity index (χ1) is 12.0. The van der Waals surface area contributed by atoms with Gasteiger partial charge in [0.15, 0.2) is 0 Å². The second-order valence-corrected chi connectivity index (χ2v) is 11.3. The molecule has 0 saturated heterocycles. The molecule has 136 valence electrons. The molecule has 1 aromatic rings. The molecule has 1 aromatic carbocycles. The van der Waals surface area contributed by atoms with E-state index in [9.17, 15) is 4.79 Å². The molecule has 2 rings (SSSR count). The number of benzene rings is 1. The lowest BCUT2D eigenvalue weighted by Crippen LogP contribution is -2.43. The number of carbonyl (C=O) groups excluding carboxylic acids is 1. The lowest BCUT2D eigenvalue weighted by atomic mass is 9.80. The van der Waals surface area contributed by atoms with Gasteiger partial charge in [-0.05, 0) is 36.4 Å². The van der Waals surface area contributed by atoms with Crippen LogP contribution in [-0.2, 0) is 9.78 Å². The van der Waals surface area contributed by atoms with Crippen molar-refractivity contribution in [2.24, 2.45) is 11.8 Å². The molecule has 0 spiro atoms. The number of carbonyl (C=O) groups is 1. The summed E-state index contributed by atoms with van der Waals surface area (Å²) in [6.45, 7) is 14.5. The normalized spacial score (nSPS) is 23.7. The van der Waals surface area contributed by atoms with Gasteiger partial charge >= 0.3 is 5.97 Å². The van der Waals surface area contributed by atoms with E-state index in [0.717, 1.165) is 18.9 Å². The van der Waals surface area contributed by atoms with Gasteiger partial charge in [-0.25, -0.2) is 4.79 Å². The molecule has 4 heteroatoms. The van der Waals surface area contributed by atoms with Gasteiger partial charge in [0.1, 0.15) is 14.2 Å². The van der Waals surface area contributed by atoms with Crippen molar-refractivity contribution < 1.29 is 14.6 Å². The van der Waals surface area contributed by atoms with Crippen molar-refractivity contribution in [2.45, 2.75) is 52.2 Å². The number of hydrogen-bond acceptors (Lipinski definition) is 3. The fourth-order valence-electron chi connectivity index (χ4n) is 3.55. The molecule has 3 unspecified atom stereocenters. The highest BCUT2D eigenvalue weighted by atomic mass is 28.3. The van der Waals surface area contributed by atoms with E-state index in [-0.39, 0.29) is 6.10 Å². The Hall–Kier alpha value is -1.65. The third kappa shape index (κ3) is 4.31. The van der Waals surface area contributed by atoms with E-state index in [2.05, 4.69) is 33.9 Å². The van der Waals surface area contributed by atoms with Crippen LogP contribution in [0.4, 0.5) is 0 Å². The Morgan fingerprint density at radius 1 is 1.20 bits per heavy atom. The molecule has 3 atom stereocenters. The molecule has 0 aromatic heterocycles. The Morgan fingerprint density at radius 3 is 2.40 bits per heavy atom. The fraction of sp³-hybridized carbons (Fsp3) is 0.476. The first kappa shape index (κ1) is 19.7. The first-order valence-electron chi connectivity index (χ1n) is 9.22. The van der Waals surface area contributed by atoms with Crippen molar-refractivity contribution in [3.05, 3.63) is 54.4 Å². The van der Waals surface area contributed by atoms with Crippen LogP contribution in [-0.4, -0.2) is 20.1 Å². The molecule has 0 bridgehead atoms. The highest BCUT2D eigenvalue weighted by Gasteiger charge is 2.30. The molecular weight excluding hydrogens is 328 g/mol. The van der Waals surface area contributed by atoms with Crippen LogP contribution < -0.4 is 5.19 Å². The van der Waals surface area contributed by atoms with Crippen molar-refractivity contribution in [1.82, 2.24) is 0 Å². The van der Waals surface area contributed by atoms with Crippen LogP contribution in [0.3, 0.4) is 0 Å². The Labute approximate surface area is 152 Å². The Balaban J connectivity index is 2.01. The first-order valence-corrected chi connectivity index (χ1v) is 11.6. The Morgan fingerprint density at radius 2 is 1.84 bits per heavy atom. The predicted molar refractivity (Wildman–Crippen MR) is 105 cm³/mol. The van der Waals surface area contributed by atoms with E-state index in [1.807, 2.05) is 23.5 Å². The van der Waals surface area contributed by atoms with Crippen LogP contribution in [0.15, 0.2) is 48.8 Å². The second kappa shape index (κ2) is 8.63. The standard InChI is InChI=1S/C21H30O3Si/c1-6-25(7-2,8-3)19-14-12-18(13-15-19)21(22)24-23-20-11-9-10-16(4)17(20)5/h6-7,12-17,20H,1-2,8-11H2,3-5H3. The smallest absolute Gasteiger partial charge is 0.293 e. The molecule has 1 aliphatic rings. The second-order valence-electron chi connectivity index (χ2n) is 7.15. The van der Waals surface area contributed by atoms with Crippen molar-refractivity contribution in [1.29, 1.82) is 0 Å². The maximum Gasteiger partial charge on any atom is 0.373 e. The van der Waals surface area contributed by atoms with Gasteiger partial charge < -0.3 is 0 Å². The third-order valence-corrected chi connectivity index (χ3v) is 9.89. The van der Waals surface area contributed by atoms with Gasteiger partial charge in [0.25, 0.3) is 0 Å². The van der Waals surface area contributed by atoms with Crippen molar-refractivity contribution >= 4 is 19.2 Å². The monoisotopic (exact) mass is 358 g/mol. The lowest BCUT2D eigenvalue weighted by molar-refractivity contribution is -0.292. The maximum atomic E-state index is 12.3. The van der Waals surface area contributed by atoms with E-state index < -0.39 is 14.0 Å². The molecule has 0 heterocycles. The fourth-order valence-corrected chi connectivity index (χ4v) is 5.96. The van der Waals surface area contributed by atoms with Crippen LogP contribution in [0.25, 0.3) is 0 Å². The largest absolute Gasteiger partial charge is 0.373 e. The Kier molecular flexibility index (Phi) is 6.79. The molecule has 1 aliphatic carbocycles. The zero-order valence-corrected chi connectivity index (χ0v) is 16.7. The zero-order valence-electron chi connectivity index (χ0n) is 15.7. The average molecular weight is 359 g/mol. The summed E-state index contributed by atoms with van der Waals surface area (Å²) in [7, 11) is -1.87. The Bertz CT molecular complexity index is 600. The summed E-state index contributed by atoms with van der Waals surface area (Å²) >= 11 is 0. The molecule has 1 fully saturated rings. The topological polar surface area (TPSA) is 35.5 Å². The van der Waals surface area contributed by atoms with Crippen molar-refractivity contribution in [3.8, 4) is 0 Å². The zero-order chi connectivity index (χ0) is 18.4. The minimum absolute atomic E-state index is 0.00588. The van der Waals surface area contributed by atoms with Gasteiger partial charge in [0.05, 0.1) is 5.56 Å². The van der Waals surface area contributed by atoms with E-state index in [1.165, 1.54) is 11.6 Å². The lowest BCUT2D eigenvalue weighted by Gasteiger charge is -2.32. The highest BCUT2D eigenvalue weighted by molar-refractivity contribution is 6.99. The van der Waals surface area contributed by atoms with E-state index in [4.69, 9.17) is 9.78 Å². The number of rotatable bonds is 7. The van der Waals surface area contributed by atoms with Gasteiger partial charge in [0.2, 0.25) is 0 Å².